The summed E-state index contributed by atoms with van der Waals surface area (Å²) in [4.78, 5) is 4.04. The summed E-state index contributed by atoms with van der Waals surface area (Å²) < 4.78 is 27.7. The number of hydrogen-bond donors (Lipinski definition) is 0. The summed E-state index contributed by atoms with van der Waals surface area (Å²) in [7, 11) is 1.72. The first-order chi connectivity index (χ1) is 8.04. The van der Waals surface area contributed by atoms with E-state index in [4.69, 9.17) is 5.26 Å². The average molecular weight is 233 g/mol. The average Bonchev–Trinajstić information content (AvgIpc) is 2.59. The fraction of sp³-hybridized carbons (Fsp3) is 0.167. The van der Waals surface area contributed by atoms with Crippen LogP contribution in [0, 0.1) is 29.9 Å². The molecule has 0 aliphatic heterocycles. The van der Waals surface area contributed by atoms with Crippen LogP contribution in [-0.2, 0) is 7.05 Å². The molecule has 3 nitrogen and oxygen atoms in total. The van der Waals surface area contributed by atoms with Crippen molar-refractivity contribution >= 4 is 0 Å². The number of nitriles is 1. The molecule has 1 aromatic heterocycles. The molecule has 2 aromatic rings. The van der Waals surface area contributed by atoms with Crippen LogP contribution in [0.15, 0.2) is 18.2 Å². The minimum atomic E-state index is -0.940. The normalized spacial score (nSPS) is 10.3. The SMILES string of the molecule is Cc1nc(C#N)c(-c2ccc(F)c(F)c2)n1C. The monoisotopic (exact) mass is 233 g/mol. The Kier molecular flexibility index (Phi) is 2.64. The van der Waals surface area contributed by atoms with E-state index < -0.39 is 11.6 Å². The molecular weight excluding hydrogens is 224 g/mol. The van der Waals surface area contributed by atoms with E-state index in [2.05, 4.69) is 4.98 Å². The summed E-state index contributed by atoms with van der Waals surface area (Å²) in [6.45, 7) is 1.74. The quantitative estimate of drug-likeness (QED) is 0.759. The maximum absolute atomic E-state index is 13.2. The molecule has 0 N–H and O–H groups in total. The highest BCUT2D eigenvalue weighted by Gasteiger charge is 2.15. The molecule has 0 unspecified atom stereocenters. The van der Waals surface area contributed by atoms with Crippen molar-refractivity contribution in [1.82, 2.24) is 9.55 Å². The summed E-state index contributed by atoms with van der Waals surface area (Å²) in [6.07, 6.45) is 0. The van der Waals surface area contributed by atoms with Gasteiger partial charge in [0.2, 0.25) is 0 Å². The van der Waals surface area contributed by atoms with Gasteiger partial charge in [0.1, 0.15) is 11.9 Å². The maximum Gasteiger partial charge on any atom is 0.166 e. The molecule has 0 saturated carbocycles. The predicted molar refractivity (Wildman–Crippen MR) is 58.0 cm³/mol. The van der Waals surface area contributed by atoms with Gasteiger partial charge in [0.15, 0.2) is 17.3 Å². The third-order valence-corrected chi connectivity index (χ3v) is 2.62. The van der Waals surface area contributed by atoms with E-state index in [0.29, 0.717) is 17.1 Å². The summed E-state index contributed by atoms with van der Waals surface area (Å²) in [6, 6.07) is 5.47. The topological polar surface area (TPSA) is 41.6 Å². The molecule has 0 saturated heterocycles. The summed E-state index contributed by atoms with van der Waals surface area (Å²) in [5, 5.41) is 8.95. The van der Waals surface area contributed by atoms with Gasteiger partial charge < -0.3 is 4.57 Å². The minimum Gasteiger partial charge on any atom is -0.330 e. The molecule has 0 amide bonds. The molecule has 0 fully saturated rings. The lowest BCUT2D eigenvalue weighted by Gasteiger charge is -2.04. The second-order valence-corrected chi connectivity index (χ2v) is 3.66. The zero-order valence-corrected chi connectivity index (χ0v) is 9.33. The molecular formula is C12H9F2N3. The van der Waals surface area contributed by atoms with Gasteiger partial charge >= 0.3 is 0 Å². The first kappa shape index (κ1) is 11.3. The van der Waals surface area contributed by atoms with Crippen molar-refractivity contribution in [3.63, 3.8) is 0 Å². The van der Waals surface area contributed by atoms with Gasteiger partial charge in [-0.3, -0.25) is 0 Å². The third kappa shape index (κ3) is 1.78. The lowest BCUT2D eigenvalue weighted by molar-refractivity contribution is 0.509. The van der Waals surface area contributed by atoms with Crippen LogP contribution in [-0.4, -0.2) is 9.55 Å². The lowest BCUT2D eigenvalue weighted by atomic mass is 10.1. The molecule has 0 aliphatic carbocycles. The molecule has 0 aliphatic rings. The van der Waals surface area contributed by atoms with Crippen molar-refractivity contribution in [2.75, 3.05) is 0 Å². The van der Waals surface area contributed by atoms with E-state index in [9.17, 15) is 8.78 Å². The second kappa shape index (κ2) is 3.98. The van der Waals surface area contributed by atoms with Gasteiger partial charge in [-0.05, 0) is 25.1 Å². The lowest BCUT2D eigenvalue weighted by Crippen LogP contribution is -1.96. The van der Waals surface area contributed by atoms with Gasteiger partial charge in [-0.1, -0.05) is 0 Å². The van der Waals surface area contributed by atoms with Gasteiger partial charge in [-0.25, -0.2) is 13.8 Å². The van der Waals surface area contributed by atoms with Crippen LogP contribution in [0.3, 0.4) is 0 Å². The number of aryl methyl sites for hydroxylation is 1. The summed E-state index contributed by atoms with van der Waals surface area (Å²) in [5.41, 5.74) is 1.13. The highest BCUT2D eigenvalue weighted by Crippen LogP contribution is 2.25. The summed E-state index contributed by atoms with van der Waals surface area (Å²) >= 11 is 0. The minimum absolute atomic E-state index is 0.205. The Balaban J connectivity index is 2.68. The van der Waals surface area contributed by atoms with Crippen LogP contribution in [0.4, 0.5) is 8.78 Å². The Morgan fingerprint density at radius 3 is 2.59 bits per heavy atom. The van der Waals surface area contributed by atoms with E-state index in [-0.39, 0.29) is 5.69 Å². The number of rotatable bonds is 1. The van der Waals surface area contributed by atoms with Gasteiger partial charge in [-0.2, -0.15) is 5.26 Å². The standard InChI is InChI=1S/C12H9F2N3/c1-7-16-11(6-15)12(17(7)2)8-3-4-9(13)10(14)5-8/h3-5H,1-2H3. The van der Waals surface area contributed by atoms with Crippen molar-refractivity contribution in [2.45, 2.75) is 6.92 Å². The highest BCUT2D eigenvalue weighted by atomic mass is 19.2. The number of benzene rings is 1. The number of nitrogens with zero attached hydrogens (tertiary/aromatic N) is 3. The highest BCUT2D eigenvalue weighted by molar-refractivity contribution is 5.66. The van der Waals surface area contributed by atoms with Crippen molar-refractivity contribution in [3.8, 4) is 17.3 Å². The van der Waals surface area contributed by atoms with Crippen LogP contribution < -0.4 is 0 Å². The summed E-state index contributed by atoms with van der Waals surface area (Å²) in [5.74, 6) is -1.21. The van der Waals surface area contributed by atoms with Gasteiger partial charge in [0.05, 0.1) is 5.69 Å². The molecule has 86 valence electrons. The molecule has 0 bridgehead atoms. The molecule has 0 radical (unpaired) electrons. The van der Waals surface area contributed by atoms with Gasteiger partial charge in [-0.15, -0.1) is 0 Å². The first-order valence-corrected chi connectivity index (χ1v) is 4.93. The largest absolute Gasteiger partial charge is 0.330 e. The Bertz CT molecular complexity index is 623. The number of halogens is 2. The molecule has 0 atom stereocenters. The second-order valence-electron chi connectivity index (χ2n) is 3.66. The molecule has 17 heavy (non-hydrogen) atoms. The molecule has 1 heterocycles. The van der Waals surface area contributed by atoms with Gasteiger partial charge in [0.25, 0.3) is 0 Å². The van der Waals surface area contributed by atoms with E-state index >= 15 is 0 Å². The number of imidazole rings is 1. The fourth-order valence-corrected chi connectivity index (χ4v) is 1.66. The van der Waals surface area contributed by atoms with E-state index in [1.807, 2.05) is 6.07 Å². The Morgan fingerprint density at radius 1 is 1.29 bits per heavy atom. The molecule has 0 spiro atoms. The van der Waals surface area contributed by atoms with E-state index in [0.717, 1.165) is 12.1 Å². The van der Waals surface area contributed by atoms with Crippen LogP contribution in [0.1, 0.15) is 11.5 Å². The van der Waals surface area contributed by atoms with Crippen LogP contribution >= 0.6 is 0 Å². The van der Waals surface area contributed by atoms with Crippen molar-refractivity contribution < 1.29 is 8.78 Å². The van der Waals surface area contributed by atoms with E-state index in [1.54, 1.807) is 18.5 Å². The molecule has 2 rings (SSSR count). The Hall–Kier alpha value is -2.22. The maximum atomic E-state index is 13.2. The molecule has 5 heteroatoms. The van der Waals surface area contributed by atoms with Crippen LogP contribution in [0.5, 0.6) is 0 Å². The predicted octanol–water partition coefficient (Wildman–Crippen LogP) is 2.55. The molecule has 1 aromatic carbocycles. The van der Waals surface area contributed by atoms with Crippen LogP contribution in [0.2, 0.25) is 0 Å². The number of aromatic nitrogens is 2. The van der Waals surface area contributed by atoms with Crippen molar-refractivity contribution in [3.05, 3.63) is 41.4 Å². The van der Waals surface area contributed by atoms with Gasteiger partial charge in [0, 0.05) is 12.6 Å². The fourth-order valence-electron chi connectivity index (χ4n) is 1.66. The van der Waals surface area contributed by atoms with Crippen LogP contribution in [0.25, 0.3) is 11.3 Å². The zero-order chi connectivity index (χ0) is 12.6. The Labute approximate surface area is 96.9 Å². The Morgan fingerprint density at radius 2 is 2.00 bits per heavy atom. The smallest absolute Gasteiger partial charge is 0.166 e. The van der Waals surface area contributed by atoms with Crippen molar-refractivity contribution in [2.24, 2.45) is 7.05 Å². The first-order valence-electron chi connectivity index (χ1n) is 4.93. The van der Waals surface area contributed by atoms with Crippen molar-refractivity contribution in [1.29, 1.82) is 5.26 Å². The number of hydrogen-bond acceptors (Lipinski definition) is 2. The van der Waals surface area contributed by atoms with E-state index in [1.165, 1.54) is 6.07 Å². The zero-order valence-electron chi connectivity index (χ0n) is 9.33. The third-order valence-electron chi connectivity index (χ3n) is 2.62.